The Balaban J connectivity index is 2.13. The van der Waals surface area contributed by atoms with Gasteiger partial charge in [-0.1, -0.05) is 30.8 Å². The molecule has 0 aliphatic carbocycles. The average molecular weight is 286 g/mol. The Labute approximate surface area is 121 Å². The molecule has 1 N–H and O–H groups in total. The van der Waals surface area contributed by atoms with Gasteiger partial charge in [-0.25, -0.2) is 9.59 Å². The van der Waals surface area contributed by atoms with E-state index >= 15 is 0 Å². The highest BCUT2D eigenvalue weighted by Gasteiger charge is 2.12. The molecule has 0 spiro atoms. The maximum atomic E-state index is 11.7. The first kappa shape index (κ1) is 14.6. The Morgan fingerprint density at radius 3 is 2.52 bits per heavy atom. The molecule has 0 atom stereocenters. The topological polar surface area (TPSA) is 72.8 Å². The number of carbonyl (C=O) groups is 2. The van der Waals surface area contributed by atoms with Gasteiger partial charge in [0.15, 0.2) is 6.61 Å². The van der Waals surface area contributed by atoms with Gasteiger partial charge < -0.3 is 14.6 Å². The SMILES string of the molecule is C=C(C)C(=O)OCC(=O)Oc1cccc2c(O)cccc12. The van der Waals surface area contributed by atoms with Crippen LogP contribution in [0.15, 0.2) is 48.6 Å². The number of benzene rings is 2. The molecule has 0 unspecified atom stereocenters. The van der Waals surface area contributed by atoms with E-state index in [0.717, 1.165) is 0 Å². The molecule has 108 valence electrons. The van der Waals surface area contributed by atoms with Crippen LogP contribution in [0.5, 0.6) is 11.5 Å². The molecule has 5 nitrogen and oxygen atoms in total. The fourth-order valence-corrected chi connectivity index (χ4v) is 1.75. The molecule has 0 fully saturated rings. The van der Waals surface area contributed by atoms with Crippen molar-refractivity contribution >= 4 is 22.7 Å². The normalized spacial score (nSPS) is 10.1. The van der Waals surface area contributed by atoms with Crippen LogP contribution in [0, 0.1) is 0 Å². The van der Waals surface area contributed by atoms with Crippen LogP contribution in [0.4, 0.5) is 0 Å². The molecule has 2 rings (SSSR count). The Hall–Kier alpha value is -2.82. The van der Waals surface area contributed by atoms with Crippen LogP contribution >= 0.6 is 0 Å². The van der Waals surface area contributed by atoms with Crippen LogP contribution in [-0.4, -0.2) is 23.7 Å². The van der Waals surface area contributed by atoms with Gasteiger partial charge in [0.05, 0.1) is 0 Å². The Morgan fingerprint density at radius 1 is 1.14 bits per heavy atom. The van der Waals surface area contributed by atoms with Gasteiger partial charge in [0.1, 0.15) is 11.5 Å². The third-order valence-corrected chi connectivity index (χ3v) is 2.75. The van der Waals surface area contributed by atoms with Gasteiger partial charge >= 0.3 is 11.9 Å². The van der Waals surface area contributed by atoms with E-state index in [1.165, 1.54) is 6.92 Å². The maximum absolute atomic E-state index is 11.7. The van der Waals surface area contributed by atoms with Crippen molar-refractivity contribution in [2.45, 2.75) is 6.92 Å². The number of fused-ring (bicyclic) bond motifs is 1. The summed E-state index contributed by atoms with van der Waals surface area (Å²) in [5, 5.41) is 10.9. The van der Waals surface area contributed by atoms with E-state index in [1.54, 1.807) is 36.4 Å². The molecule has 0 heterocycles. The summed E-state index contributed by atoms with van der Waals surface area (Å²) in [6.45, 7) is 4.40. The van der Waals surface area contributed by atoms with Crippen LogP contribution in [0.25, 0.3) is 10.8 Å². The molecule has 2 aromatic carbocycles. The van der Waals surface area contributed by atoms with Crippen LogP contribution in [0.2, 0.25) is 0 Å². The van der Waals surface area contributed by atoms with E-state index in [0.29, 0.717) is 16.5 Å². The largest absolute Gasteiger partial charge is 0.507 e. The minimum absolute atomic E-state index is 0.0964. The molecule has 21 heavy (non-hydrogen) atoms. The molecule has 0 radical (unpaired) electrons. The highest BCUT2D eigenvalue weighted by molar-refractivity contribution is 5.94. The standard InChI is InChI=1S/C16H14O5/c1-10(2)16(19)20-9-15(18)21-14-8-4-5-11-12(14)6-3-7-13(11)17/h3-8,17H,1,9H2,2H3. The Bertz CT molecular complexity index is 718. The fourth-order valence-electron chi connectivity index (χ4n) is 1.75. The van der Waals surface area contributed by atoms with Crippen molar-refractivity contribution in [1.29, 1.82) is 0 Å². The first-order valence-electron chi connectivity index (χ1n) is 6.23. The lowest BCUT2D eigenvalue weighted by Gasteiger charge is -2.09. The highest BCUT2D eigenvalue weighted by Crippen LogP contribution is 2.31. The van der Waals surface area contributed by atoms with Crippen LogP contribution in [0.3, 0.4) is 0 Å². The monoisotopic (exact) mass is 286 g/mol. The zero-order chi connectivity index (χ0) is 15.4. The predicted octanol–water partition coefficient (Wildman–Crippen LogP) is 2.57. The summed E-state index contributed by atoms with van der Waals surface area (Å²) in [7, 11) is 0. The molecule has 0 saturated heterocycles. The fraction of sp³-hybridized carbons (Fsp3) is 0.125. The predicted molar refractivity (Wildman–Crippen MR) is 77.0 cm³/mol. The van der Waals surface area contributed by atoms with E-state index in [9.17, 15) is 14.7 Å². The third-order valence-electron chi connectivity index (χ3n) is 2.75. The Morgan fingerprint density at radius 2 is 1.81 bits per heavy atom. The molecule has 0 aliphatic rings. The lowest BCUT2D eigenvalue weighted by molar-refractivity contribution is -0.150. The summed E-state index contributed by atoms with van der Waals surface area (Å²) in [5.74, 6) is -0.971. The van der Waals surface area contributed by atoms with E-state index in [4.69, 9.17) is 9.47 Å². The quantitative estimate of drug-likeness (QED) is 0.531. The second kappa shape index (κ2) is 6.09. The van der Waals surface area contributed by atoms with Gasteiger partial charge in [0, 0.05) is 16.3 Å². The van der Waals surface area contributed by atoms with Crippen LogP contribution in [-0.2, 0) is 14.3 Å². The second-order valence-electron chi connectivity index (χ2n) is 4.46. The van der Waals surface area contributed by atoms with Gasteiger partial charge in [-0.2, -0.15) is 0 Å². The molecule has 0 bridgehead atoms. The van der Waals surface area contributed by atoms with Gasteiger partial charge in [-0.3, -0.25) is 0 Å². The molecular weight excluding hydrogens is 272 g/mol. The highest BCUT2D eigenvalue weighted by atomic mass is 16.6. The summed E-state index contributed by atoms with van der Waals surface area (Å²) >= 11 is 0. The van der Waals surface area contributed by atoms with Crippen molar-refractivity contribution in [2.24, 2.45) is 0 Å². The van der Waals surface area contributed by atoms with Gasteiger partial charge in [0.25, 0.3) is 0 Å². The smallest absolute Gasteiger partial charge is 0.349 e. The van der Waals surface area contributed by atoms with Gasteiger partial charge in [-0.15, -0.1) is 0 Å². The van der Waals surface area contributed by atoms with Crippen molar-refractivity contribution in [3.63, 3.8) is 0 Å². The van der Waals surface area contributed by atoms with Crippen LogP contribution in [0.1, 0.15) is 6.92 Å². The Kier molecular flexibility index (Phi) is 4.23. The van der Waals surface area contributed by atoms with Crippen molar-refractivity contribution in [2.75, 3.05) is 6.61 Å². The molecule has 0 aromatic heterocycles. The van der Waals surface area contributed by atoms with Gasteiger partial charge in [0.2, 0.25) is 0 Å². The molecule has 0 aliphatic heterocycles. The maximum Gasteiger partial charge on any atom is 0.349 e. The molecule has 0 saturated carbocycles. The van der Waals surface area contributed by atoms with Crippen molar-refractivity contribution in [1.82, 2.24) is 0 Å². The van der Waals surface area contributed by atoms with E-state index in [1.807, 2.05) is 0 Å². The van der Waals surface area contributed by atoms with Crippen LogP contribution < -0.4 is 4.74 Å². The zero-order valence-electron chi connectivity index (χ0n) is 11.5. The summed E-state index contributed by atoms with van der Waals surface area (Å²) in [6, 6.07) is 9.88. The van der Waals surface area contributed by atoms with Crippen molar-refractivity contribution in [3.8, 4) is 11.5 Å². The third kappa shape index (κ3) is 3.39. The number of carbonyl (C=O) groups excluding carboxylic acids is 2. The number of phenols is 1. The number of hydrogen-bond donors (Lipinski definition) is 1. The van der Waals surface area contributed by atoms with E-state index < -0.39 is 18.5 Å². The summed E-state index contributed by atoms with van der Waals surface area (Å²) < 4.78 is 9.87. The minimum atomic E-state index is -0.708. The first-order valence-corrected chi connectivity index (χ1v) is 6.23. The second-order valence-corrected chi connectivity index (χ2v) is 4.46. The number of aromatic hydroxyl groups is 1. The summed E-state index contributed by atoms with van der Waals surface area (Å²) in [5.41, 5.74) is 0.206. The molecule has 5 heteroatoms. The average Bonchev–Trinajstić information content (AvgIpc) is 2.45. The zero-order valence-corrected chi connectivity index (χ0v) is 11.5. The number of phenolic OH excluding ortho intramolecular Hbond substituents is 1. The number of hydrogen-bond acceptors (Lipinski definition) is 5. The number of ether oxygens (including phenoxy) is 2. The molecule has 2 aromatic rings. The van der Waals surface area contributed by atoms with Crippen molar-refractivity contribution in [3.05, 3.63) is 48.6 Å². The van der Waals surface area contributed by atoms with Crippen molar-refractivity contribution < 1.29 is 24.2 Å². The lowest BCUT2D eigenvalue weighted by Crippen LogP contribution is -2.19. The molecular formula is C16H14O5. The first-order chi connectivity index (χ1) is 9.99. The van der Waals surface area contributed by atoms with E-state index in [2.05, 4.69) is 6.58 Å². The number of esters is 2. The summed E-state index contributed by atoms with van der Waals surface area (Å²) in [6.07, 6.45) is 0. The number of rotatable bonds is 4. The lowest BCUT2D eigenvalue weighted by atomic mass is 10.1. The van der Waals surface area contributed by atoms with Gasteiger partial charge in [-0.05, 0) is 19.1 Å². The molecule has 0 amide bonds. The van der Waals surface area contributed by atoms with E-state index in [-0.39, 0.29) is 11.3 Å². The summed E-state index contributed by atoms with van der Waals surface area (Å²) in [4.78, 5) is 22.9. The minimum Gasteiger partial charge on any atom is -0.507 e.